The number of hydrogen-bond acceptors (Lipinski definition) is 4. The van der Waals surface area contributed by atoms with Crippen molar-refractivity contribution in [3.05, 3.63) is 40.6 Å². The van der Waals surface area contributed by atoms with E-state index in [9.17, 15) is 14.0 Å². The predicted octanol–water partition coefficient (Wildman–Crippen LogP) is 2.11. The first-order chi connectivity index (χ1) is 8.99. The van der Waals surface area contributed by atoms with Gasteiger partial charge in [0.2, 0.25) is 0 Å². The number of aliphatic carboxylic acids is 1. The van der Waals surface area contributed by atoms with Crippen LogP contribution in [0.15, 0.2) is 29.2 Å². The standard InChI is InChI=1S/C12H8FNO3S2/c13-8-4-2-1-3-7(8)5-9-11(17)14(6-10(15)16)12(18)19-9/h1-5H,6H2,(H,15,16)/b9-5-. The largest absolute Gasteiger partial charge is 0.480 e. The molecule has 0 bridgehead atoms. The minimum atomic E-state index is -1.15. The summed E-state index contributed by atoms with van der Waals surface area (Å²) in [6.45, 7) is -0.487. The van der Waals surface area contributed by atoms with Gasteiger partial charge in [0.25, 0.3) is 5.91 Å². The molecule has 0 aromatic heterocycles. The lowest BCUT2D eigenvalue weighted by molar-refractivity contribution is -0.140. The molecule has 1 aliphatic heterocycles. The maximum absolute atomic E-state index is 13.5. The Morgan fingerprint density at radius 1 is 1.47 bits per heavy atom. The van der Waals surface area contributed by atoms with Crippen LogP contribution in [-0.2, 0) is 9.59 Å². The van der Waals surface area contributed by atoms with E-state index in [1.165, 1.54) is 18.2 Å². The zero-order valence-corrected chi connectivity index (χ0v) is 11.1. The Balaban J connectivity index is 2.28. The van der Waals surface area contributed by atoms with E-state index in [1.54, 1.807) is 12.1 Å². The van der Waals surface area contributed by atoms with Gasteiger partial charge in [0.15, 0.2) is 0 Å². The maximum atomic E-state index is 13.5. The van der Waals surface area contributed by atoms with Gasteiger partial charge in [0.05, 0.1) is 4.91 Å². The van der Waals surface area contributed by atoms with Crippen LogP contribution < -0.4 is 0 Å². The molecular formula is C12H8FNO3S2. The van der Waals surface area contributed by atoms with Crippen molar-refractivity contribution in [3.63, 3.8) is 0 Å². The van der Waals surface area contributed by atoms with Crippen LogP contribution in [0.5, 0.6) is 0 Å². The summed E-state index contributed by atoms with van der Waals surface area (Å²) in [6, 6.07) is 6.00. The van der Waals surface area contributed by atoms with Crippen LogP contribution in [0.1, 0.15) is 5.56 Å². The fourth-order valence-electron chi connectivity index (χ4n) is 1.50. The first-order valence-corrected chi connectivity index (χ1v) is 6.43. The lowest BCUT2D eigenvalue weighted by Gasteiger charge is -2.10. The number of thiocarbonyl (C=S) groups is 1. The Labute approximate surface area is 117 Å². The molecule has 4 nitrogen and oxygen atoms in total. The summed E-state index contributed by atoms with van der Waals surface area (Å²) in [7, 11) is 0. The van der Waals surface area contributed by atoms with Crippen LogP contribution in [-0.4, -0.2) is 32.7 Å². The highest BCUT2D eigenvalue weighted by atomic mass is 32.2. The molecule has 98 valence electrons. The fraction of sp³-hybridized carbons (Fsp3) is 0.0833. The van der Waals surface area contributed by atoms with Gasteiger partial charge in [-0.2, -0.15) is 0 Å². The van der Waals surface area contributed by atoms with Crippen molar-refractivity contribution in [1.82, 2.24) is 4.90 Å². The summed E-state index contributed by atoms with van der Waals surface area (Å²) in [5, 5.41) is 8.69. The fourth-order valence-corrected chi connectivity index (χ4v) is 2.75. The Hall–Kier alpha value is -1.73. The molecule has 0 aliphatic carbocycles. The minimum absolute atomic E-state index is 0.162. The monoisotopic (exact) mass is 297 g/mol. The number of amides is 1. The molecule has 1 saturated heterocycles. The van der Waals surface area contributed by atoms with Crippen molar-refractivity contribution in [2.45, 2.75) is 0 Å². The molecule has 1 heterocycles. The molecule has 1 amide bonds. The van der Waals surface area contributed by atoms with Gasteiger partial charge in [-0.1, -0.05) is 42.2 Å². The third kappa shape index (κ3) is 2.99. The number of hydrogen-bond donors (Lipinski definition) is 1. The Morgan fingerprint density at radius 3 is 2.79 bits per heavy atom. The number of carbonyl (C=O) groups is 2. The van der Waals surface area contributed by atoms with Crippen molar-refractivity contribution < 1.29 is 19.1 Å². The van der Waals surface area contributed by atoms with E-state index >= 15 is 0 Å². The minimum Gasteiger partial charge on any atom is -0.480 e. The molecule has 1 aliphatic rings. The van der Waals surface area contributed by atoms with Crippen LogP contribution in [0.25, 0.3) is 6.08 Å². The normalized spacial score (nSPS) is 17.3. The zero-order chi connectivity index (χ0) is 14.0. The van der Waals surface area contributed by atoms with Gasteiger partial charge in [0.1, 0.15) is 16.7 Å². The first-order valence-electron chi connectivity index (χ1n) is 5.20. The molecule has 1 N–H and O–H groups in total. The van der Waals surface area contributed by atoms with Gasteiger partial charge in [-0.3, -0.25) is 14.5 Å². The summed E-state index contributed by atoms with van der Waals surface area (Å²) in [5.41, 5.74) is 0.262. The van der Waals surface area contributed by atoms with E-state index in [-0.39, 0.29) is 14.8 Å². The average molecular weight is 297 g/mol. The predicted molar refractivity (Wildman–Crippen MR) is 73.9 cm³/mol. The second kappa shape index (κ2) is 5.50. The van der Waals surface area contributed by atoms with Gasteiger partial charge >= 0.3 is 5.97 Å². The number of halogens is 1. The second-order valence-electron chi connectivity index (χ2n) is 3.68. The van der Waals surface area contributed by atoms with E-state index in [0.29, 0.717) is 0 Å². The molecule has 0 radical (unpaired) electrons. The van der Waals surface area contributed by atoms with Crippen molar-refractivity contribution in [2.75, 3.05) is 6.54 Å². The molecule has 0 saturated carbocycles. The van der Waals surface area contributed by atoms with Gasteiger partial charge in [-0.25, -0.2) is 4.39 Å². The molecule has 1 aromatic carbocycles. The van der Waals surface area contributed by atoms with E-state index in [1.807, 2.05) is 0 Å². The van der Waals surface area contributed by atoms with Crippen LogP contribution >= 0.6 is 24.0 Å². The maximum Gasteiger partial charge on any atom is 0.323 e. The molecule has 2 rings (SSSR count). The number of carbonyl (C=O) groups excluding carboxylic acids is 1. The van der Waals surface area contributed by atoms with E-state index in [2.05, 4.69) is 0 Å². The number of carboxylic acids is 1. The second-order valence-corrected chi connectivity index (χ2v) is 5.36. The number of nitrogens with zero attached hydrogens (tertiary/aromatic N) is 1. The molecule has 1 fully saturated rings. The lowest BCUT2D eigenvalue weighted by Crippen LogP contribution is -2.33. The van der Waals surface area contributed by atoms with Crippen LogP contribution in [0.3, 0.4) is 0 Å². The summed E-state index contributed by atoms with van der Waals surface area (Å²) in [5.74, 6) is -2.12. The smallest absolute Gasteiger partial charge is 0.323 e. The summed E-state index contributed by atoms with van der Waals surface area (Å²) >= 11 is 5.90. The molecule has 0 unspecified atom stereocenters. The van der Waals surface area contributed by atoms with Crippen molar-refractivity contribution in [1.29, 1.82) is 0 Å². The summed E-state index contributed by atoms with van der Waals surface area (Å²) in [6.07, 6.45) is 1.37. The van der Waals surface area contributed by atoms with E-state index in [4.69, 9.17) is 17.3 Å². The van der Waals surface area contributed by atoms with Gasteiger partial charge in [-0.05, 0) is 12.1 Å². The van der Waals surface area contributed by atoms with E-state index < -0.39 is 24.2 Å². The van der Waals surface area contributed by atoms with Crippen LogP contribution in [0.4, 0.5) is 4.39 Å². The van der Waals surface area contributed by atoms with Crippen molar-refractivity contribution in [3.8, 4) is 0 Å². The van der Waals surface area contributed by atoms with Gasteiger partial charge in [0, 0.05) is 5.56 Å². The number of rotatable bonds is 3. The molecule has 1 aromatic rings. The zero-order valence-electron chi connectivity index (χ0n) is 9.50. The highest BCUT2D eigenvalue weighted by molar-refractivity contribution is 8.26. The third-order valence-electron chi connectivity index (χ3n) is 2.36. The SMILES string of the molecule is O=C(O)CN1C(=O)/C(=C/c2ccccc2F)SC1=S. The Kier molecular flexibility index (Phi) is 3.96. The highest BCUT2D eigenvalue weighted by Crippen LogP contribution is 2.32. The summed E-state index contributed by atoms with van der Waals surface area (Å²) < 4.78 is 13.6. The van der Waals surface area contributed by atoms with Crippen LogP contribution in [0.2, 0.25) is 0 Å². The molecule has 19 heavy (non-hydrogen) atoms. The Morgan fingerprint density at radius 2 is 2.16 bits per heavy atom. The third-order valence-corrected chi connectivity index (χ3v) is 3.74. The number of carboxylic acid groups (broad SMARTS) is 1. The number of benzene rings is 1. The quantitative estimate of drug-likeness (QED) is 0.684. The molecular weight excluding hydrogens is 289 g/mol. The molecule has 0 spiro atoms. The molecule has 0 atom stereocenters. The first kappa shape index (κ1) is 13.7. The van der Waals surface area contributed by atoms with E-state index in [0.717, 1.165) is 16.7 Å². The van der Waals surface area contributed by atoms with Crippen molar-refractivity contribution >= 4 is 46.3 Å². The average Bonchev–Trinajstić information content (AvgIpc) is 2.60. The summed E-state index contributed by atoms with van der Waals surface area (Å²) in [4.78, 5) is 23.8. The highest BCUT2D eigenvalue weighted by Gasteiger charge is 2.33. The van der Waals surface area contributed by atoms with Crippen molar-refractivity contribution in [2.24, 2.45) is 0 Å². The van der Waals surface area contributed by atoms with Gasteiger partial charge < -0.3 is 5.11 Å². The Bertz CT molecular complexity index is 600. The number of thioether (sulfide) groups is 1. The van der Waals surface area contributed by atoms with Gasteiger partial charge in [-0.15, -0.1) is 0 Å². The lowest BCUT2D eigenvalue weighted by atomic mass is 10.2. The molecule has 7 heteroatoms. The van der Waals surface area contributed by atoms with Crippen LogP contribution in [0, 0.1) is 5.82 Å². The topological polar surface area (TPSA) is 57.6 Å².